The molecule has 1 aromatic carbocycles. The van der Waals surface area contributed by atoms with Crippen LogP contribution in [0.3, 0.4) is 0 Å². The molecule has 5 nitrogen and oxygen atoms in total. The number of amides is 2. The molecule has 1 aromatic heterocycles. The average Bonchev–Trinajstić information content (AvgIpc) is 2.62. The molecule has 126 valence electrons. The number of carbonyl (C=O) groups excluding carboxylic acids is 1. The Morgan fingerprint density at radius 1 is 1.12 bits per heavy atom. The number of para-hydroxylation sites is 2. The Kier molecular flexibility index (Phi) is 5.31. The number of hydrogen-bond donors (Lipinski definition) is 2. The number of nitrogens with one attached hydrogen (secondary N) is 1. The molecule has 2 amide bonds. The van der Waals surface area contributed by atoms with E-state index in [9.17, 15) is 9.90 Å². The Morgan fingerprint density at radius 2 is 1.88 bits per heavy atom. The zero-order valence-electron chi connectivity index (χ0n) is 13.7. The predicted molar refractivity (Wildman–Crippen MR) is 93.9 cm³/mol. The van der Waals surface area contributed by atoms with Crippen molar-refractivity contribution in [3.05, 3.63) is 54.4 Å². The second-order valence-corrected chi connectivity index (χ2v) is 6.18. The highest BCUT2D eigenvalue weighted by Crippen LogP contribution is 2.28. The van der Waals surface area contributed by atoms with Gasteiger partial charge in [-0.15, -0.1) is 0 Å². The zero-order chi connectivity index (χ0) is 16.8. The maximum atomic E-state index is 12.8. The van der Waals surface area contributed by atoms with Crippen molar-refractivity contribution >= 4 is 11.7 Å². The van der Waals surface area contributed by atoms with Crippen LogP contribution < -0.4 is 10.2 Å². The second-order valence-electron chi connectivity index (χ2n) is 6.18. The van der Waals surface area contributed by atoms with Gasteiger partial charge in [0.25, 0.3) is 0 Å². The summed E-state index contributed by atoms with van der Waals surface area (Å²) in [6, 6.07) is 12.5. The molecule has 2 aromatic rings. The van der Waals surface area contributed by atoms with Crippen molar-refractivity contribution < 1.29 is 9.90 Å². The van der Waals surface area contributed by atoms with Crippen molar-refractivity contribution in [2.45, 2.75) is 44.7 Å². The van der Waals surface area contributed by atoms with E-state index in [-0.39, 0.29) is 17.8 Å². The predicted octanol–water partition coefficient (Wildman–Crippen LogP) is 3.84. The lowest BCUT2D eigenvalue weighted by Crippen LogP contribution is -2.45. The fourth-order valence-corrected chi connectivity index (χ4v) is 3.11. The lowest BCUT2D eigenvalue weighted by Gasteiger charge is -2.28. The average molecular weight is 325 g/mol. The van der Waals surface area contributed by atoms with Crippen LogP contribution in [0.15, 0.2) is 48.7 Å². The number of aromatic hydroxyl groups is 1. The van der Waals surface area contributed by atoms with Gasteiger partial charge in [-0.25, -0.2) is 4.79 Å². The normalized spacial score (nSPS) is 15.0. The summed E-state index contributed by atoms with van der Waals surface area (Å²) in [6.07, 6.45) is 7.29. The smallest absolute Gasteiger partial charge is 0.322 e. The van der Waals surface area contributed by atoms with Crippen LogP contribution in [0.4, 0.5) is 10.5 Å². The molecule has 1 aliphatic rings. The summed E-state index contributed by atoms with van der Waals surface area (Å²) in [4.78, 5) is 18.7. The van der Waals surface area contributed by atoms with Crippen LogP contribution in [0.5, 0.6) is 5.75 Å². The van der Waals surface area contributed by atoms with E-state index in [1.165, 1.54) is 6.42 Å². The monoisotopic (exact) mass is 325 g/mol. The molecule has 0 aliphatic heterocycles. The summed E-state index contributed by atoms with van der Waals surface area (Å²) in [5.41, 5.74) is 1.27. The van der Waals surface area contributed by atoms with Gasteiger partial charge in [0.2, 0.25) is 0 Å². The Labute approximate surface area is 142 Å². The standard InChI is InChI=1S/C19H23N3O2/c23-18-12-5-4-11-17(18)22(14-16-10-6-7-13-20-16)19(24)21-15-8-2-1-3-9-15/h4-7,10-13,15,23H,1-3,8-9,14H2,(H,21,24). The number of rotatable bonds is 4. The van der Waals surface area contributed by atoms with Crippen LogP contribution in [-0.4, -0.2) is 22.2 Å². The van der Waals surface area contributed by atoms with E-state index < -0.39 is 0 Å². The number of phenols is 1. The van der Waals surface area contributed by atoms with Crippen LogP contribution in [0, 0.1) is 0 Å². The molecule has 0 atom stereocenters. The number of aromatic nitrogens is 1. The van der Waals surface area contributed by atoms with Gasteiger partial charge in [-0.1, -0.05) is 37.5 Å². The first-order chi connectivity index (χ1) is 11.7. The summed E-state index contributed by atoms with van der Waals surface area (Å²) in [6.45, 7) is 0.316. The number of nitrogens with zero attached hydrogens (tertiary/aromatic N) is 2. The fourth-order valence-electron chi connectivity index (χ4n) is 3.11. The van der Waals surface area contributed by atoms with Gasteiger partial charge in [0.15, 0.2) is 0 Å². The van der Waals surface area contributed by atoms with Crippen molar-refractivity contribution in [1.29, 1.82) is 0 Å². The van der Waals surface area contributed by atoms with E-state index in [1.807, 2.05) is 24.3 Å². The topological polar surface area (TPSA) is 65.5 Å². The third kappa shape index (κ3) is 4.04. The highest BCUT2D eigenvalue weighted by Gasteiger charge is 2.23. The Balaban J connectivity index is 1.81. The summed E-state index contributed by atoms with van der Waals surface area (Å²) in [5.74, 6) is 0.0900. The Hall–Kier alpha value is -2.56. The Bertz CT molecular complexity index is 669. The number of pyridine rings is 1. The maximum Gasteiger partial charge on any atom is 0.322 e. The molecule has 0 spiro atoms. The van der Waals surface area contributed by atoms with Crippen LogP contribution in [0.2, 0.25) is 0 Å². The van der Waals surface area contributed by atoms with Crippen molar-refractivity contribution in [1.82, 2.24) is 10.3 Å². The fraction of sp³-hybridized carbons (Fsp3) is 0.368. The van der Waals surface area contributed by atoms with E-state index in [0.717, 1.165) is 31.4 Å². The Morgan fingerprint density at radius 3 is 2.58 bits per heavy atom. The number of benzene rings is 1. The first-order valence-electron chi connectivity index (χ1n) is 8.50. The molecule has 1 heterocycles. The van der Waals surface area contributed by atoms with E-state index >= 15 is 0 Å². The van der Waals surface area contributed by atoms with Gasteiger partial charge < -0.3 is 10.4 Å². The molecule has 1 saturated carbocycles. The number of urea groups is 1. The highest BCUT2D eigenvalue weighted by atomic mass is 16.3. The van der Waals surface area contributed by atoms with E-state index in [1.54, 1.807) is 29.3 Å². The minimum absolute atomic E-state index is 0.0900. The molecule has 1 fully saturated rings. The second kappa shape index (κ2) is 7.81. The van der Waals surface area contributed by atoms with Crippen LogP contribution >= 0.6 is 0 Å². The third-order valence-corrected chi connectivity index (χ3v) is 4.40. The highest BCUT2D eigenvalue weighted by molar-refractivity contribution is 5.93. The summed E-state index contributed by atoms with van der Waals surface area (Å²) >= 11 is 0. The molecule has 24 heavy (non-hydrogen) atoms. The number of hydrogen-bond acceptors (Lipinski definition) is 3. The van der Waals surface area contributed by atoms with Gasteiger partial charge in [0.05, 0.1) is 17.9 Å². The van der Waals surface area contributed by atoms with Crippen molar-refractivity contribution in [3.8, 4) is 5.75 Å². The number of phenolic OH excluding ortho intramolecular Hbond substituents is 1. The van der Waals surface area contributed by atoms with Gasteiger partial charge in [-0.3, -0.25) is 9.88 Å². The first kappa shape index (κ1) is 16.3. The summed E-state index contributed by atoms with van der Waals surface area (Å²) in [7, 11) is 0. The van der Waals surface area contributed by atoms with E-state index in [0.29, 0.717) is 12.2 Å². The molecular weight excluding hydrogens is 302 g/mol. The lowest BCUT2D eigenvalue weighted by molar-refractivity contribution is 0.237. The summed E-state index contributed by atoms with van der Waals surface area (Å²) in [5, 5.41) is 13.3. The minimum atomic E-state index is -0.186. The molecule has 5 heteroatoms. The molecule has 3 rings (SSSR count). The molecule has 0 saturated heterocycles. The van der Waals surface area contributed by atoms with Gasteiger partial charge in [0.1, 0.15) is 5.75 Å². The molecule has 0 radical (unpaired) electrons. The third-order valence-electron chi connectivity index (χ3n) is 4.40. The molecule has 1 aliphatic carbocycles. The number of anilines is 1. The van der Waals surface area contributed by atoms with E-state index in [4.69, 9.17) is 0 Å². The maximum absolute atomic E-state index is 12.8. The van der Waals surface area contributed by atoms with Gasteiger partial charge in [0, 0.05) is 12.2 Å². The number of carbonyl (C=O) groups is 1. The largest absolute Gasteiger partial charge is 0.506 e. The first-order valence-corrected chi connectivity index (χ1v) is 8.50. The minimum Gasteiger partial charge on any atom is -0.506 e. The molecule has 0 bridgehead atoms. The molecule has 2 N–H and O–H groups in total. The van der Waals surface area contributed by atoms with Gasteiger partial charge >= 0.3 is 6.03 Å². The van der Waals surface area contributed by atoms with Crippen molar-refractivity contribution in [2.75, 3.05) is 4.90 Å². The van der Waals surface area contributed by atoms with Gasteiger partial charge in [-0.2, -0.15) is 0 Å². The van der Waals surface area contributed by atoms with Gasteiger partial charge in [-0.05, 0) is 37.1 Å². The van der Waals surface area contributed by atoms with Crippen molar-refractivity contribution in [2.24, 2.45) is 0 Å². The summed E-state index contributed by atoms with van der Waals surface area (Å²) < 4.78 is 0. The molecule has 0 unspecified atom stereocenters. The quantitative estimate of drug-likeness (QED) is 0.897. The SMILES string of the molecule is O=C(NC1CCCCC1)N(Cc1ccccn1)c1ccccc1O. The van der Waals surface area contributed by atoms with Crippen molar-refractivity contribution in [3.63, 3.8) is 0 Å². The van der Waals surface area contributed by atoms with Crippen LogP contribution in [0.25, 0.3) is 0 Å². The lowest BCUT2D eigenvalue weighted by atomic mass is 9.96. The van der Waals surface area contributed by atoms with Crippen LogP contribution in [0.1, 0.15) is 37.8 Å². The zero-order valence-corrected chi connectivity index (χ0v) is 13.7. The molecular formula is C19H23N3O2. The van der Waals surface area contributed by atoms with E-state index in [2.05, 4.69) is 10.3 Å². The van der Waals surface area contributed by atoms with Crippen LogP contribution in [-0.2, 0) is 6.54 Å².